The summed E-state index contributed by atoms with van der Waals surface area (Å²) in [6, 6.07) is 3.49. The predicted octanol–water partition coefficient (Wildman–Crippen LogP) is 2.61. The van der Waals surface area contributed by atoms with Gasteiger partial charge in [0.1, 0.15) is 5.56 Å². The normalized spacial score (nSPS) is 11.1. The van der Waals surface area contributed by atoms with E-state index in [2.05, 4.69) is 24.0 Å². The van der Waals surface area contributed by atoms with Crippen LogP contribution in [-0.4, -0.2) is 14.8 Å². The van der Waals surface area contributed by atoms with Gasteiger partial charge in [0.25, 0.3) is 16.3 Å². The van der Waals surface area contributed by atoms with E-state index in [1.807, 2.05) is 6.07 Å². The smallest absolute Gasteiger partial charge is 0.284 e. The second-order valence-electron chi connectivity index (χ2n) is 4.52. The van der Waals surface area contributed by atoms with Gasteiger partial charge in [-0.25, -0.2) is 5.10 Å². The lowest BCUT2D eigenvalue weighted by Gasteiger charge is -2.08. The summed E-state index contributed by atoms with van der Waals surface area (Å²) < 4.78 is 6.84. The molecule has 0 aromatic carbocycles. The van der Waals surface area contributed by atoms with Crippen LogP contribution in [-0.2, 0) is 6.54 Å². The van der Waals surface area contributed by atoms with Gasteiger partial charge in [-0.05, 0) is 36.7 Å². The molecule has 0 saturated carbocycles. The van der Waals surface area contributed by atoms with E-state index >= 15 is 0 Å². The first-order valence-corrected chi connectivity index (χ1v) is 6.24. The van der Waals surface area contributed by atoms with Gasteiger partial charge in [0, 0.05) is 12.7 Å². The van der Waals surface area contributed by atoms with Crippen molar-refractivity contribution >= 4 is 12.2 Å². The van der Waals surface area contributed by atoms with Crippen molar-refractivity contribution in [3.05, 3.63) is 33.5 Å². The fourth-order valence-corrected chi connectivity index (χ4v) is 1.74. The molecule has 0 aliphatic carbocycles. The second kappa shape index (κ2) is 5.30. The van der Waals surface area contributed by atoms with Crippen molar-refractivity contribution in [2.24, 2.45) is 5.92 Å². The Morgan fingerprint density at radius 2 is 2.33 bits per heavy atom. The summed E-state index contributed by atoms with van der Waals surface area (Å²) in [6.45, 7) is 4.94. The molecule has 0 unspecified atom stereocenters. The summed E-state index contributed by atoms with van der Waals surface area (Å²) >= 11 is 4.80. The fourth-order valence-electron chi connectivity index (χ4n) is 1.62. The zero-order valence-corrected chi connectivity index (χ0v) is 11.2. The lowest BCUT2D eigenvalue weighted by Crippen LogP contribution is -2.21. The molecular weight excluding hydrogens is 250 g/mol. The maximum atomic E-state index is 12.2. The van der Waals surface area contributed by atoms with Gasteiger partial charge in [-0.1, -0.05) is 13.8 Å². The van der Waals surface area contributed by atoms with Crippen molar-refractivity contribution in [2.45, 2.75) is 26.8 Å². The van der Waals surface area contributed by atoms with E-state index in [0.717, 1.165) is 6.42 Å². The lowest BCUT2D eigenvalue weighted by atomic mass is 10.1. The molecule has 18 heavy (non-hydrogen) atoms. The predicted molar refractivity (Wildman–Crippen MR) is 70.8 cm³/mol. The Morgan fingerprint density at radius 3 is 2.94 bits per heavy atom. The summed E-state index contributed by atoms with van der Waals surface area (Å²) in [5.41, 5.74) is 0.317. The Hall–Kier alpha value is -1.69. The summed E-state index contributed by atoms with van der Waals surface area (Å²) in [5.74, 6) is 0.791. The maximum absolute atomic E-state index is 12.2. The minimum Gasteiger partial charge on any atom is -0.409 e. The van der Waals surface area contributed by atoms with E-state index in [4.69, 9.17) is 16.6 Å². The Bertz CT molecular complexity index is 639. The number of aromatic nitrogens is 3. The number of hydrogen-bond donors (Lipinski definition) is 1. The highest BCUT2D eigenvalue weighted by Gasteiger charge is 2.10. The molecule has 0 fully saturated rings. The van der Waals surface area contributed by atoms with Gasteiger partial charge < -0.3 is 8.98 Å². The average Bonchev–Trinajstić information content (AvgIpc) is 2.74. The summed E-state index contributed by atoms with van der Waals surface area (Å²) in [5, 5.41) is 6.39. The molecule has 0 bridgehead atoms. The van der Waals surface area contributed by atoms with Crippen molar-refractivity contribution in [1.82, 2.24) is 14.8 Å². The second-order valence-corrected chi connectivity index (χ2v) is 4.89. The highest BCUT2D eigenvalue weighted by atomic mass is 32.1. The largest absolute Gasteiger partial charge is 0.409 e. The molecule has 6 heteroatoms. The number of pyridine rings is 1. The first kappa shape index (κ1) is 12.8. The third-order valence-corrected chi connectivity index (χ3v) is 2.81. The maximum Gasteiger partial charge on any atom is 0.284 e. The summed E-state index contributed by atoms with van der Waals surface area (Å²) in [7, 11) is 0. The highest BCUT2D eigenvalue weighted by molar-refractivity contribution is 7.71. The SMILES string of the molecule is CC(C)CCn1cccc(-c2n[nH]c(=S)o2)c1=O. The number of aryl methyl sites for hydroxylation is 1. The van der Waals surface area contributed by atoms with E-state index in [1.54, 1.807) is 16.8 Å². The van der Waals surface area contributed by atoms with Crippen LogP contribution in [0.2, 0.25) is 0 Å². The van der Waals surface area contributed by atoms with Gasteiger partial charge in [-0.15, -0.1) is 5.10 Å². The first-order chi connectivity index (χ1) is 8.58. The molecule has 0 aliphatic heterocycles. The van der Waals surface area contributed by atoms with Gasteiger partial charge in [0.15, 0.2) is 0 Å². The van der Waals surface area contributed by atoms with Crippen LogP contribution in [0.5, 0.6) is 0 Å². The number of H-pyrrole nitrogens is 1. The van der Waals surface area contributed by atoms with E-state index in [1.165, 1.54) is 0 Å². The van der Waals surface area contributed by atoms with Gasteiger partial charge in [0.2, 0.25) is 0 Å². The van der Waals surface area contributed by atoms with Crippen molar-refractivity contribution in [1.29, 1.82) is 0 Å². The number of nitrogens with zero attached hydrogens (tertiary/aromatic N) is 2. The molecule has 2 aromatic heterocycles. The third-order valence-electron chi connectivity index (χ3n) is 2.64. The molecular formula is C12H15N3O2S. The van der Waals surface area contributed by atoms with Crippen molar-refractivity contribution in [2.75, 3.05) is 0 Å². The molecule has 0 amide bonds. The van der Waals surface area contributed by atoms with E-state index in [0.29, 0.717) is 18.0 Å². The molecule has 2 heterocycles. The van der Waals surface area contributed by atoms with Gasteiger partial charge in [-0.2, -0.15) is 0 Å². The molecule has 0 atom stereocenters. The minimum absolute atomic E-state index is 0.108. The average molecular weight is 265 g/mol. The number of nitrogens with one attached hydrogen (secondary N) is 1. The molecule has 2 aromatic rings. The third kappa shape index (κ3) is 2.76. The van der Waals surface area contributed by atoms with Crippen molar-refractivity contribution < 1.29 is 4.42 Å². The Labute approximate surface area is 109 Å². The molecule has 96 valence electrons. The van der Waals surface area contributed by atoms with Crippen LogP contribution in [0, 0.1) is 10.8 Å². The van der Waals surface area contributed by atoms with Crippen LogP contribution < -0.4 is 5.56 Å². The molecule has 0 aliphatic rings. The Morgan fingerprint density at radius 1 is 1.56 bits per heavy atom. The van der Waals surface area contributed by atoms with Crippen LogP contribution in [0.1, 0.15) is 20.3 Å². The van der Waals surface area contributed by atoms with E-state index in [-0.39, 0.29) is 16.3 Å². The van der Waals surface area contributed by atoms with Gasteiger partial charge in [0.05, 0.1) is 0 Å². The molecule has 2 rings (SSSR count). The number of aromatic amines is 1. The highest BCUT2D eigenvalue weighted by Crippen LogP contribution is 2.11. The molecule has 0 spiro atoms. The number of hydrogen-bond acceptors (Lipinski definition) is 4. The number of rotatable bonds is 4. The zero-order valence-electron chi connectivity index (χ0n) is 10.3. The quantitative estimate of drug-likeness (QED) is 0.863. The van der Waals surface area contributed by atoms with Crippen LogP contribution in [0.3, 0.4) is 0 Å². The zero-order chi connectivity index (χ0) is 13.1. The van der Waals surface area contributed by atoms with E-state index in [9.17, 15) is 4.79 Å². The van der Waals surface area contributed by atoms with Crippen LogP contribution >= 0.6 is 12.2 Å². The van der Waals surface area contributed by atoms with Gasteiger partial charge in [-0.3, -0.25) is 4.79 Å². The summed E-state index contributed by atoms with van der Waals surface area (Å²) in [6.07, 6.45) is 2.73. The monoisotopic (exact) mass is 265 g/mol. The van der Waals surface area contributed by atoms with Crippen LogP contribution in [0.15, 0.2) is 27.5 Å². The van der Waals surface area contributed by atoms with Crippen LogP contribution in [0.25, 0.3) is 11.5 Å². The molecule has 0 saturated heterocycles. The minimum atomic E-state index is -0.108. The van der Waals surface area contributed by atoms with Gasteiger partial charge >= 0.3 is 0 Å². The fraction of sp³-hybridized carbons (Fsp3) is 0.417. The standard InChI is InChI=1S/C12H15N3O2S/c1-8(2)5-7-15-6-3-4-9(11(15)16)10-13-14-12(18)17-10/h3-4,6,8H,5,7H2,1-2H3,(H,14,18). The van der Waals surface area contributed by atoms with E-state index < -0.39 is 0 Å². The summed E-state index contributed by atoms with van der Waals surface area (Å²) in [4.78, 5) is 12.4. The first-order valence-electron chi connectivity index (χ1n) is 5.83. The Kier molecular flexibility index (Phi) is 3.76. The van der Waals surface area contributed by atoms with Crippen LogP contribution in [0.4, 0.5) is 0 Å². The molecule has 0 radical (unpaired) electrons. The topological polar surface area (TPSA) is 63.8 Å². The van der Waals surface area contributed by atoms with Crippen molar-refractivity contribution in [3.63, 3.8) is 0 Å². The van der Waals surface area contributed by atoms with Crippen molar-refractivity contribution in [3.8, 4) is 11.5 Å². The lowest BCUT2D eigenvalue weighted by molar-refractivity contribution is 0.506. The Balaban J connectivity index is 2.36. The molecule has 5 nitrogen and oxygen atoms in total. The molecule has 1 N–H and O–H groups in total.